The molecule has 0 bridgehead atoms. The number of thioether (sulfide) groups is 1. The molecule has 0 aliphatic carbocycles. The second-order valence-corrected chi connectivity index (χ2v) is 7.22. The van der Waals surface area contributed by atoms with Crippen molar-refractivity contribution in [3.8, 4) is 0 Å². The molecule has 2 N–H and O–H groups in total. The molecule has 25 heavy (non-hydrogen) atoms. The Kier molecular flexibility index (Phi) is 5.75. The zero-order chi connectivity index (χ0) is 17.5. The van der Waals surface area contributed by atoms with Crippen LogP contribution in [-0.4, -0.2) is 11.8 Å². The van der Waals surface area contributed by atoms with Gasteiger partial charge in [0, 0.05) is 11.8 Å². The zero-order valence-corrected chi connectivity index (χ0v) is 15.0. The van der Waals surface area contributed by atoms with Crippen molar-refractivity contribution in [1.82, 2.24) is 0 Å². The van der Waals surface area contributed by atoms with E-state index in [2.05, 4.69) is 97.6 Å². The van der Waals surface area contributed by atoms with Crippen LogP contribution in [0, 0.1) is 0 Å². The topological polar surface area (TPSA) is 26.0 Å². The summed E-state index contributed by atoms with van der Waals surface area (Å²) in [5.74, 6) is 0.794. The maximum Gasteiger partial charge on any atom is 0.0907 e. The molecular weight excluding hydrogens is 322 g/mol. The Morgan fingerprint density at radius 3 is 1.44 bits per heavy atom. The van der Waals surface area contributed by atoms with Crippen LogP contribution in [0.5, 0.6) is 0 Å². The van der Waals surface area contributed by atoms with Gasteiger partial charge in [-0.1, -0.05) is 97.1 Å². The van der Waals surface area contributed by atoms with Gasteiger partial charge in [-0.3, -0.25) is 0 Å². The normalized spacial score (nSPS) is 12.5. The predicted molar refractivity (Wildman–Crippen MR) is 110 cm³/mol. The molecular formula is C23H23NS. The number of nitrogens with two attached hydrogens (primary N) is 1. The van der Waals surface area contributed by atoms with Crippen LogP contribution >= 0.6 is 11.8 Å². The molecule has 1 nitrogen and oxygen atoms in total. The molecule has 0 radical (unpaired) electrons. The van der Waals surface area contributed by atoms with E-state index in [1.54, 1.807) is 0 Å². The van der Waals surface area contributed by atoms with Gasteiger partial charge in [-0.15, -0.1) is 18.3 Å². The summed E-state index contributed by atoms with van der Waals surface area (Å²) in [4.78, 5) is 0. The minimum absolute atomic E-state index is 0.0412. The monoisotopic (exact) mass is 345 g/mol. The quantitative estimate of drug-likeness (QED) is 0.469. The number of rotatable bonds is 7. The van der Waals surface area contributed by atoms with Gasteiger partial charge in [0.1, 0.15) is 0 Å². The second-order valence-electron chi connectivity index (χ2n) is 5.99. The zero-order valence-electron chi connectivity index (χ0n) is 14.2. The molecule has 1 atom stereocenters. The van der Waals surface area contributed by atoms with Crippen LogP contribution in [0.2, 0.25) is 0 Å². The van der Waals surface area contributed by atoms with Crippen LogP contribution in [0.15, 0.2) is 104 Å². The highest BCUT2D eigenvalue weighted by Gasteiger charge is 2.36. The van der Waals surface area contributed by atoms with Crippen molar-refractivity contribution in [2.24, 2.45) is 5.73 Å². The molecule has 0 aromatic heterocycles. The van der Waals surface area contributed by atoms with Crippen LogP contribution in [0.1, 0.15) is 16.7 Å². The summed E-state index contributed by atoms with van der Waals surface area (Å²) < 4.78 is -0.301. The highest BCUT2D eigenvalue weighted by atomic mass is 32.2. The van der Waals surface area contributed by atoms with Crippen molar-refractivity contribution in [3.05, 3.63) is 120 Å². The van der Waals surface area contributed by atoms with Crippen molar-refractivity contribution in [3.63, 3.8) is 0 Å². The summed E-state index contributed by atoms with van der Waals surface area (Å²) in [5, 5.41) is 0. The van der Waals surface area contributed by atoms with Crippen molar-refractivity contribution in [2.75, 3.05) is 5.75 Å². The molecule has 0 aliphatic heterocycles. The van der Waals surface area contributed by atoms with Gasteiger partial charge in [-0.05, 0) is 16.7 Å². The third kappa shape index (κ3) is 3.71. The fourth-order valence-electron chi connectivity index (χ4n) is 3.06. The fourth-order valence-corrected chi connectivity index (χ4v) is 4.54. The first-order chi connectivity index (χ1) is 12.3. The van der Waals surface area contributed by atoms with Crippen molar-refractivity contribution < 1.29 is 0 Å². The summed E-state index contributed by atoms with van der Waals surface area (Å²) >= 11 is 1.86. The molecule has 0 aliphatic rings. The van der Waals surface area contributed by atoms with Gasteiger partial charge in [-0.25, -0.2) is 0 Å². The molecule has 0 amide bonds. The Labute approximate surface area is 154 Å². The maximum absolute atomic E-state index is 6.18. The van der Waals surface area contributed by atoms with Gasteiger partial charge < -0.3 is 5.73 Å². The van der Waals surface area contributed by atoms with E-state index in [-0.39, 0.29) is 10.8 Å². The fraction of sp³-hybridized carbons (Fsp3) is 0.130. The number of benzene rings is 3. The van der Waals surface area contributed by atoms with E-state index in [0.29, 0.717) is 0 Å². The first-order valence-corrected chi connectivity index (χ1v) is 9.44. The van der Waals surface area contributed by atoms with Gasteiger partial charge in [0.15, 0.2) is 0 Å². The molecule has 3 aromatic rings. The molecule has 0 saturated carbocycles. The average molecular weight is 346 g/mol. The lowest BCUT2D eigenvalue weighted by Gasteiger charge is -2.36. The summed E-state index contributed by atoms with van der Waals surface area (Å²) in [5.41, 5.74) is 9.95. The average Bonchev–Trinajstić information content (AvgIpc) is 2.71. The van der Waals surface area contributed by atoms with E-state index in [1.807, 2.05) is 17.8 Å². The highest BCUT2D eigenvalue weighted by molar-refractivity contribution is 8.00. The van der Waals surface area contributed by atoms with Gasteiger partial charge in [0.2, 0.25) is 0 Å². The Hall–Kier alpha value is -2.29. The molecule has 3 aromatic carbocycles. The van der Waals surface area contributed by atoms with E-state index in [9.17, 15) is 0 Å². The predicted octanol–water partition coefficient (Wildman–Crippen LogP) is 5.23. The molecule has 3 rings (SSSR count). The Balaban J connectivity index is 2.22. The molecule has 0 saturated heterocycles. The third-order valence-corrected chi connectivity index (χ3v) is 6.03. The van der Waals surface area contributed by atoms with Gasteiger partial charge >= 0.3 is 0 Å². The first kappa shape index (κ1) is 17.5. The summed E-state index contributed by atoms with van der Waals surface area (Å²) in [6, 6.07) is 32.0. The Morgan fingerprint density at radius 1 is 0.760 bits per heavy atom. The Morgan fingerprint density at radius 2 is 1.12 bits per heavy atom. The molecule has 0 heterocycles. The van der Waals surface area contributed by atoms with Crippen molar-refractivity contribution in [2.45, 2.75) is 10.8 Å². The van der Waals surface area contributed by atoms with Gasteiger partial charge in [0.05, 0.1) is 4.75 Å². The third-order valence-electron chi connectivity index (χ3n) is 4.34. The number of hydrogen-bond acceptors (Lipinski definition) is 2. The van der Waals surface area contributed by atoms with E-state index in [0.717, 1.165) is 5.75 Å². The van der Waals surface area contributed by atoms with Crippen molar-refractivity contribution in [1.29, 1.82) is 0 Å². The highest BCUT2D eigenvalue weighted by Crippen LogP contribution is 2.48. The smallest absolute Gasteiger partial charge is 0.0907 e. The van der Waals surface area contributed by atoms with E-state index in [4.69, 9.17) is 5.73 Å². The van der Waals surface area contributed by atoms with Crippen LogP contribution < -0.4 is 5.73 Å². The summed E-state index contributed by atoms with van der Waals surface area (Å²) in [7, 11) is 0. The lowest BCUT2D eigenvalue weighted by atomic mass is 9.84. The molecule has 2 heteroatoms. The largest absolute Gasteiger partial charge is 0.324 e. The van der Waals surface area contributed by atoms with Crippen LogP contribution in [-0.2, 0) is 4.75 Å². The van der Waals surface area contributed by atoms with Crippen LogP contribution in [0.3, 0.4) is 0 Å². The van der Waals surface area contributed by atoms with Crippen LogP contribution in [0.4, 0.5) is 0 Å². The minimum atomic E-state index is -0.301. The SMILES string of the molecule is C=C[C@@H](N)CSC(c1ccccc1)(c1ccccc1)c1ccccc1. The second kappa shape index (κ2) is 8.19. The standard InChI is InChI=1S/C23H23NS/c1-2-22(24)18-25-23(19-12-6-3-7-13-19,20-14-8-4-9-15-20)21-16-10-5-11-17-21/h2-17,22H,1,18,24H2/t22-/m1/s1. The molecule has 0 fully saturated rings. The maximum atomic E-state index is 6.18. The Bertz CT molecular complexity index is 687. The number of hydrogen-bond donors (Lipinski definition) is 1. The van der Waals surface area contributed by atoms with Crippen molar-refractivity contribution >= 4 is 11.8 Å². The van der Waals surface area contributed by atoms with E-state index >= 15 is 0 Å². The summed E-state index contributed by atoms with van der Waals surface area (Å²) in [6.45, 7) is 3.84. The van der Waals surface area contributed by atoms with E-state index < -0.39 is 0 Å². The van der Waals surface area contributed by atoms with E-state index in [1.165, 1.54) is 16.7 Å². The molecule has 0 unspecified atom stereocenters. The summed E-state index contributed by atoms with van der Waals surface area (Å²) in [6.07, 6.45) is 1.82. The van der Waals surface area contributed by atoms with Gasteiger partial charge in [-0.2, -0.15) is 0 Å². The minimum Gasteiger partial charge on any atom is -0.324 e. The molecule has 0 spiro atoms. The van der Waals surface area contributed by atoms with Crippen LogP contribution in [0.25, 0.3) is 0 Å². The first-order valence-electron chi connectivity index (χ1n) is 8.46. The van der Waals surface area contributed by atoms with Gasteiger partial charge in [0.25, 0.3) is 0 Å². The lowest BCUT2D eigenvalue weighted by molar-refractivity contribution is 0.875. The lowest BCUT2D eigenvalue weighted by Crippen LogP contribution is -2.30. The molecule has 126 valence electrons.